The standard InChI is InChI=1S/C6H6BrCl2N3/c7-1-2-10-5-3-4(8)11-6(9)12-5/h3H,1-2H2,(H,10,11,12). The van der Waals surface area contributed by atoms with Gasteiger partial charge in [-0.3, -0.25) is 0 Å². The van der Waals surface area contributed by atoms with Crippen LogP contribution in [0.1, 0.15) is 0 Å². The summed E-state index contributed by atoms with van der Waals surface area (Å²) in [5.41, 5.74) is 0. The van der Waals surface area contributed by atoms with Gasteiger partial charge in [-0.05, 0) is 11.6 Å². The van der Waals surface area contributed by atoms with Gasteiger partial charge in [0.05, 0.1) is 0 Å². The van der Waals surface area contributed by atoms with E-state index in [1.54, 1.807) is 6.07 Å². The molecule has 0 aliphatic heterocycles. The molecule has 66 valence electrons. The second-order valence-corrected chi connectivity index (χ2v) is 3.48. The second kappa shape index (κ2) is 4.84. The van der Waals surface area contributed by atoms with Crippen molar-refractivity contribution in [1.82, 2.24) is 9.97 Å². The molecule has 0 spiro atoms. The normalized spacial score (nSPS) is 9.92. The third-order valence-corrected chi connectivity index (χ3v) is 1.83. The zero-order chi connectivity index (χ0) is 8.97. The molecule has 0 atom stereocenters. The molecule has 1 rings (SSSR count). The molecule has 0 aliphatic rings. The third kappa shape index (κ3) is 3.13. The van der Waals surface area contributed by atoms with Crippen LogP contribution in [0, 0.1) is 0 Å². The van der Waals surface area contributed by atoms with Gasteiger partial charge in [-0.1, -0.05) is 27.5 Å². The molecule has 0 saturated carbocycles. The quantitative estimate of drug-likeness (QED) is 0.521. The minimum Gasteiger partial charge on any atom is -0.369 e. The maximum absolute atomic E-state index is 5.64. The van der Waals surface area contributed by atoms with Crippen molar-refractivity contribution < 1.29 is 0 Å². The van der Waals surface area contributed by atoms with Gasteiger partial charge in [0.25, 0.3) is 0 Å². The van der Waals surface area contributed by atoms with E-state index in [0.717, 1.165) is 11.9 Å². The number of anilines is 1. The van der Waals surface area contributed by atoms with E-state index in [2.05, 4.69) is 31.2 Å². The summed E-state index contributed by atoms with van der Waals surface area (Å²) in [6.07, 6.45) is 0. The van der Waals surface area contributed by atoms with Gasteiger partial charge in [0.2, 0.25) is 5.28 Å². The van der Waals surface area contributed by atoms with Crippen molar-refractivity contribution in [3.8, 4) is 0 Å². The van der Waals surface area contributed by atoms with Gasteiger partial charge in [0.15, 0.2) is 0 Å². The molecular formula is C6H6BrCl2N3. The van der Waals surface area contributed by atoms with Crippen molar-refractivity contribution >= 4 is 44.9 Å². The van der Waals surface area contributed by atoms with Gasteiger partial charge in [-0.15, -0.1) is 0 Å². The number of aromatic nitrogens is 2. The fourth-order valence-corrected chi connectivity index (χ4v) is 1.26. The number of nitrogens with zero attached hydrogens (tertiary/aromatic N) is 2. The van der Waals surface area contributed by atoms with Crippen LogP contribution in [0.4, 0.5) is 5.82 Å². The molecule has 1 aromatic rings. The molecule has 0 saturated heterocycles. The lowest BCUT2D eigenvalue weighted by Gasteiger charge is -2.02. The molecule has 0 aliphatic carbocycles. The summed E-state index contributed by atoms with van der Waals surface area (Å²) >= 11 is 14.5. The van der Waals surface area contributed by atoms with Crippen molar-refractivity contribution in [2.75, 3.05) is 17.2 Å². The molecule has 0 fully saturated rings. The van der Waals surface area contributed by atoms with Crippen molar-refractivity contribution in [1.29, 1.82) is 0 Å². The zero-order valence-corrected chi connectivity index (χ0v) is 9.12. The summed E-state index contributed by atoms with van der Waals surface area (Å²) in [5.74, 6) is 0.638. The van der Waals surface area contributed by atoms with Gasteiger partial charge in [-0.25, -0.2) is 9.97 Å². The fourth-order valence-electron chi connectivity index (χ4n) is 0.656. The smallest absolute Gasteiger partial charge is 0.225 e. The van der Waals surface area contributed by atoms with Gasteiger partial charge in [-0.2, -0.15) is 0 Å². The van der Waals surface area contributed by atoms with Gasteiger partial charge < -0.3 is 5.32 Å². The Kier molecular flexibility index (Phi) is 4.05. The number of nitrogens with one attached hydrogen (secondary N) is 1. The Hall–Kier alpha value is -0.0600. The Morgan fingerprint density at radius 1 is 1.42 bits per heavy atom. The molecule has 0 aromatic carbocycles. The van der Waals surface area contributed by atoms with Crippen molar-refractivity contribution in [3.05, 3.63) is 16.5 Å². The topological polar surface area (TPSA) is 37.8 Å². The molecule has 0 amide bonds. The van der Waals surface area contributed by atoms with E-state index in [9.17, 15) is 0 Å². The highest BCUT2D eigenvalue weighted by Crippen LogP contribution is 2.13. The summed E-state index contributed by atoms with van der Waals surface area (Å²) in [4.78, 5) is 7.62. The first-order chi connectivity index (χ1) is 5.72. The van der Waals surface area contributed by atoms with Crippen LogP contribution in [-0.2, 0) is 0 Å². The number of hydrogen-bond donors (Lipinski definition) is 1. The van der Waals surface area contributed by atoms with Crippen LogP contribution in [-0.4, -0.2) is 21.8 Å². The maximum atomic E-state index is 5.64. The third-order valence-electron chi connectivity index (χ3n) is 1.07. The predicted octanol–water partition coefficient (Wildman–Crippen LogP) is 2.59. The SMILES string of the molecule is Clc1cc(NCCBr)nc(Cl)n1. The summed E-state index contributed by atoms with van der Waals surface area (Å²) in [6.45, 7) is 0.768. The largest absolute Gasteiger partial charge is 0.369 e. The Balaban J connectivity index is 2.72. The Labute approximate surface area is 88.6 Å². The highest BCUT2D eigenvalue weighted by molar-refractivity contribution is 9.09. The molecule has 0 bridgehead atoms. The average molecular weight is 271 g/mol. The van der Waals surface area contributed by atoms with E-state index in [1.165, 1.54) is 0 Å². The van der Waals surface area contributed by atoms with Gasteiger partial charge >= 0.3 is 0 Å². The Bertz CT molecular complexity index is 249. The van der Waals surface area contributed by atoms with Crippen LogP contribution >= 0.6 is 39.1 Å². The van der Waals surface area contributed by atoms with E-state index in [1.807, 2.05) is 0 Å². The van der Waals surface area contributed by atoms with Crippen LogP contribution in [0.5, 0.6) is 0 Å². The number of alkyl halides is 1. The molecule has 1 aromatic heterocycles. The Morgan fingerprint density at radius 3 is 2.75 bits per heavy atom. The molecule has 12 heavy (non-hydrogen) atoms. The van der Waals surface area contributed by atoms with E-state index < -0.39 is 0 Å². The van der Waals surface area contributed by atoms with Crippen LogP contribution in [0.2, 0.25) is 10.4 Å². The van der Waals surface area contributed by atoms with Crippen LogP contribution in [0.25, 0.3) is 0 Å². The minimum absolute atomic E-state index is 0.152. The molecule has 3 nitrogen and oxygen atoms in total. The lowest BCUT2D eigenvalue weighted by molar-refractivity contribution is 1.12. The molecule has 1 heterocycles. The number of halogens is 3. The predicted molar refractivity (Wildman–Crippen MR) is 54.3 cm³/mol. The van der Waals surface area contributed by atoms with Gasteiger partial charge in [0.1, 0.15) is 11.0 Å². The maximum Gasteiger partial charge on any atom is 0.225 e. The highest BCUT2D eigenvalue weighted by Gasteiger charge is 1.99. The summed E-state index contributed by atoms with van der Waals surface area (Å²) in [5, 5.41) is 4.34. The Morgan fingerprint density at radius 2 is 2.17 bits per heavy atom. The lowest BCUT2D eigenvalue weighted by Crippen LogP contribution is -2.04. The number of rotatable bonds is 3. The first-order valence-electron chi connectivity index (χ1n) is 3.22. The first-order valence-corrected chi connectivity index (χ1v) is 5.10. The molecule has 6 heteroatoms. The lowest BCUT2D eigenvalue weighted by atomic mass is 10.5. The molecular weight excluding hydrogens is 265 g/mol. The average Bonchev–Trinajstić information content (AvgIpc) is 1.99. The van der Waals surface area contributed by atoms with Gasteiger partial charge in [0, 0.05) is 17.9 Å². The summed E-state index contributed by atoms with van der Waals surface area (Å²) in [6, 6.07) is 1.62. The summed E-state index contributed by atoms with van der Waals surface area (Å²) in [7, 11) is 0. The van der Waals surface area contributed by atoms with Crippen LogP contribution < -0.4 is 5.32 Å². The van der Waals surface area contributed by atoms with E-state index >= 15 is 0 Å². The van der Waals surface area contributed by atoms with E-state index in [0.29, 0.717) is 11.0 Å². The summed E-state index contributed by atoms with van der Waals surface area (Å²) < 4.78 is 0. The van der Waals surface area contributed by atoms with Crippen LogP contribution in [0.3, 0.4) is 0 Å². The van der Waals surface area contributed by atoms with E-state index in [-0.39, 0.29) is 5.28 Å². The van der Waals surface area contributed by atoms with Crippen molar-refractivity contribution in [2.45, 2.75) is 0 Å². The minimum atomic E-state index is 0.152. The monoisotopic (exact) mass is 269 g/mol. The zero-order valence-electron chi connectivity index (χ0n) is 6.02. The molecule has 0 unspecified atom stereocenters. The second-order valence-electron chi connectivity index (χ2n) is 1.96. The van der Waals surface area contributed by atoms with E-state index in [4.69, 9.17) is 23.2 Å². The molecule has 1 N–H and O–H groups in total. The molecule has 0 radical (unpaired) electrons. The van der Waals surface area contributed by atoms with Crippen molar-refractivity contribution in [3.63, 3.8) is 0 Å². The van der Waals surface area contributed by atoms with Crippen LogP contribution in [0.15, 0.2) is 6.07 Å². The number of hydrogen-bond acceptors (Lipinski definition) is 3. The highest BCUT2D eigenvalue weighted by atomic mass is 79.9. The first kappa shape index (κ1) is 10.0. The van der Waals surface area contributed by atoms with Crippen molar-refractivity contribution in [2.24, 2.45) is 0 Å². The fraction of sp³-hybridized carbons (Fsp3) is 0.333.